The zero-order valence-electron chi connectivity index (χ0n) is 22.0. The number of thiophene rings is 1. The van der Waals surface area contributed by atoms with Gasteiger partial charge in [0.15, 0.2) is 0 Å². The molecule has 0 aliphatic carbocycles. The summed E-state index contributed by atoms with van der Waals surface area (Å²) in [6.45, 7) is 10.3. The van der Waals surface area contributed by atoms with Crippen molar-refractivity contribution in [1.82, 2.24) is 0 Å². The standard InChI is InChI=1S/C27H31N3O6S2/c1-26(2,3)35-24(32)29-21-12-9-18(19-13-14-37-16-19)15-22(21)28-23(31)17-7-10-20(11-8-17)38(34)30-25(33)36-27(4,5)6/h7-16,38H,1-6H3,(H,28,31)(H,29,32). The lowest BCUT2D eigenvalue weighted by Crippen LogP contribution is -2.27. The number of hydrogen-bond donors (Lipinski definition) is 3. The molecule has 2 N–H and O–H groups in total. The minimum absolute atomic E-state index is 0.272. The molecular formula is C27H31N3O6S2. The van der Waals surface area contributed by atoms with Crippen LogP contribution in [0.3, 0.4) is 0 Å². The number of carbonyl (C=O) groups excluding carboxylic acids is 3. The smallest absolute Gasteiger partial charge is 0.442 e. The Kier molecular flexibility index (Phi) is 8.95. The molecule has 11 heteroatoms. The number of amides is 3. The number of rotatable bonds is 5. The summed E-state index contributed by atoms with van der Waals surface area (Å²) in [5, 5.41) is 9.44. The fourth-order valence-electron chi connectivity index (χ4n) is 3.13. The van der Waals surface area contributed by atoms with Gasteiger partial charge in [-0.2, -0.15) is 11.3 Å². The average molecular weight is 558 g/mol. The molecule has 0 spiro atoms. The number of nitrogens with zero attached hydrogens (tertiary/aromatic N) is 1. The van der Waals surface area contributed by atoms with Crippen molar-refractivity contribution >= 4 is 51.4 Å². The first-order chi connectivity index (χ1) is 17.7. The van der Waals surface area contributed by atoms with E-state index in [4.69, 9.17) is 9.47 Å². The minimum atomic E-state index is -2.39. The SMILES string of the molecule is CC(C)(C)OC(=O)/N=[SH](=O)/c1ccc(C(=O)Nc2cc(-c3ccsc3)ccc2NC(=O)OC(C)(C)C)cc1. The van der Waals surface area contributed by atoms with Crippen LogP contribution >= 0.6 is 11.3 Å². The molecule has 9 nitrogen and oxygen atoms in total. The van der Waals surface area contributed by atoms with Crippen molar-refractivity contribution in [1.29, 1.82) is 0 Å². The van der Waals surface area contributed by atoms with Gasteiger partial charge in [-0.15, -0.1) is 4.36 Å². The lowest BCUT2D eigenvalue weighted by Gasteiger charge is -2.21. The molecule has 1 unspecified atom stereocenters. The maximum absolute atomic E-state index is 13.1. The molecule has 0 fully saturated rings. The van der Waals surface area contributed by atoms with Crippen LogP contribution in [0.4, 0.5) is 21.0 Å². The highest BCUT2D eigenvalue weighted by atomic mass is 32.2. The Bertz CT molecular complexity index is 1400. The zero-order valence-corrected chi connectivity index (χ0v) is 23.7. The van der Waals surface area contributed by atoms with Crippen molar-refractivity contribution in [2.45, 2.75) is 57.6 Å². The van der Waals surface area contributed by atoms with E-state index in [0.29, 0.717) is 11.4 Å². The molecule has 0 radical (unpaired) electrons. The lowest BCUT2D eigenvalue weighted by molar-refractivity contribution is 0.0603. The molecule has 1 heterocycles. The van der Waals surface area contributed by atoms with Crippen LogP contribution in [0.25, 0.3) is 11.1 Å². The molecule has 3 aromatic rings. The molecule has 0 bridgehead atoms. The van der Waals surface area contributed by atoms with E-state index in [1.165, 1.54) is 24.3 Å². The number of benzene rings is 2. The first-order valence-corrected chi connectivity index (χ1v) is 13.9. The Labute approximate surface area is 227 Å². The zero-order chi connectivity index (χ0) is 28.1. The summed E-state index contributed by atoms with van der Waals surface area (Å²) in [7, 11) is -2.39. The van der Waals surface area contributed by atoms with Crippen LogP contribution in [-0.4, -0.2) is 33.5 Å². The molecular weight excluding hydrogens is 526 g/mol. The molecule has 0 aliphatic heterocycles. The van der Waals surface area contributed by atoms with E-state index in [2.05, 4.69) is 15.0 Å². The van der Waals surface area contributed by atoms with Gasteiger partial charge in [-0.3, -0.25) is 10.1 Å². The topological polar surface area (TPSA) is 123 Å². The highest BCUT2D eigenvalue weighted by Crippen LogP contribution is 2.31. The Hall–Kier alpha value is -3.70. The van der Waals surface area contributed by atoms with Crippen molar-refractivity contribution in [2.75, 3.05) is 10.6 Å². The largest absolute Gasteiger partial charge is 0.444 e. The number of thiol groups is 1. The van der Waals surface area contributed by atoms with Gasteiger partial charge >= 0.3 is 12.2 Å². The van der Waals surface area contributed by atoms with Crippen molar-refractivity contribution in [3.05, 3.63) is 64.9 Å². The molecule has 0 aliphatic rings. The number of nitrogens with one attached hydrogen (secondary N) is 2. The van der Waals surface area contributed by atoms with Crippen molar-refractivity contribution < 1.29 is 28.1 Å². The van der Waals surface area contributed by atoms with Crippen LogP contribution in [-0.2, 0) is 20.1 Å². The average Bonchev–Trinajstić information content (AvgIpc) is 3.32. The Morgan fingerprint density at radius 2 is 1.47 bits per heavy atom. The molecule has 1 atom stereocenters. The molecule has 1 aromatic heterocycles. The van der Waals surface area contributed by atoms with Crippen LogP contribution < -0.4 is 10.6 Å². The first kappa shape index (κ1) is 28.9. The van der Waals surface area contributed by atoms with Gasteiger partial charge < -0.3 is 14.8 Å². The Morgan fingerprint density at radius 1 is 0.816 bits per heavy atom. The summed E-state index contributed by atoms with van der Waals surface area (Å²) >= 11 is 1.54. The molecule has 0 saturated heterocycles. The van der Waals surface area contributed by atoms with Gasteiger partial charge in [0.05, 0.1) is 22.0 Å². The molecule has 3 amide bonds. The predicted molar refractivity (Wildman–Crippen MR) is 150 cm³/mol. The molecule has 2 aromatic carbocycles. The van der Waals surface area contributed by atoms with Crippen molar-refractivity contribution in [3.8, 4) is 11.1 Å². The third kappa shape index (κ3) is 8.70. The van der Waals surface area contributed by atoms with E-state index in [1.54, 1.807) is 65.0 Å². The van der Waals surface area contributed by atoms with Crippen molar-refractivity contribution in [2.24, 2.45) is 4.36 Å². The van der Waals surface area contributed by atoms with Gasteiger partial charge in [0, 0.05) is 10.5 Å². The summed E-state index contributed by atoms with van der Waals surface area (Å²) in [6.07, 6.45) is -1.57. The van der Waals surface area contributed by atoms with Crippen LogP contribution in [0.15, 0.2) is 68.5 Å². The second-order valence-corrected chi connectivity index (χ2v) is 12.3. The van der Waals surface area contributed by atoms with E-state index >= 15 is 0 Å². The molecule has 202 valence electrons. The van der Waals surface area contributed by atoms with E-state index in [1.807, 2.05) is 22.9 Å². The quantitative estimate of drug-likeness (QED) is 0.291. The summed E-state index contributed by atoms with van der Waals surface area (Å²) in [6, 6.07) is 13.1. The normalized spacial score (nSPS) is 12.5. The van der Waals surface area contributed by atoms with Crippen molar-refractivity contribution in [3.63, 3.8) is 0 Å². The van der Waals surface area contributed by atoms with E-state index in [0.717, 1.165) is 11.1 Å². The van der Waals surface area contributed by atoms with Crippen LogP contribution in [0.5, 0.6) is 0 Å². The fourth-order valence-corrected chi connectivity index (χ4v) is 4.50. The summed E-state index contributed by atoms with van der Waals surface area (Å²) in [4.78, 5) is 37.6. The third-order valence-corrected chi connectivity index (χ3v) is 6.44. The Morgan fingerprint density at radius 3 is 2.05 bits per heavy atom. The van der Waals surface area contributed by atoms with Crippen LogP contribution in [0.1, 0.15) is 51.9 Å². The van der Waals surface area contributed by atoms with E-state index in [9.17, 15) is 18.6 Å². The second-order valence-electron chi connectivity index (χ2n) is 10.3. The van der Waals surface area contributed by atoms with Crippen LogP contribution in [0, 0.1) is 0 Å². The fraction of sp³-hybridized carbons (Fsp3) is 0.296. The maximum Gasteiger partial charge on any atom is 0.442 e. The first-order valence-electron chi connectivity index (χ1n) is 11.7. The monoisotopic (exact) mass is 557 g/mol. The highest BCUT2D eigenvalue weighted by Gasteiger charge is 2.19. The van der Waals surface area contributed by atoms with E-state index in [-0.39, 0.29) is 10.5 Å². The lowest BCUT2D eigenvalue weighted by atomic mass is 10.1. The predicted octanol–water partition coefficient (Wildman–Crippen LogP) is 6.97. The van der Waals surface area contributed by atoms with Gasteiger partial charge in [-0.05, 0) is 106 Å². The second kappa shape index (κ2) is 11.8. The number of ether oxygens (including phenoxy) is 2. The Balaban J connectivity index is 1.82. The molecule has 0 saturated carbocycles. The van der Waals surface area contributed by atoms with Gasteiger partial charge in [0.2, 0.25) is 0 Å². The van der Waals surface area contributed by atoms with E-state index < -0.39 is 39.9 Å². The van der Waals surface area contributed by atoms with Gasteiger partial charge in [0.1, 0.15) is 11.2 Å². The molecule has 3 rings (SSSR count). The number of anilines is 2. The summed E-state index contributed by atoms with van der Waals surface area (Å²) in [5.74, 6) is -0.453. The number of carbonyl (C=O) groups is 3. The third-order valence-electron chi connectivity index (χ3n) is 4.67. The van der Waals surface area contributed by atoms with Crippen LogP contribution in [0.2, 0.25) is 0 Å². The van der Waals surface area contributed by atoms with Gasteiger partial charge in [0.25, 0.3) is 5.91 Å². The van der Waals surface area contributed by atoms with Gasteiger partial charge in [-0.25, -0.2) is 13.8 Å². The highest BCUT2D eigenvalue weighted by molar-refractivity contribution is 7.75. The summed E-state index contributed by atoms with van der Waals surface area (Å²) < 4.78 is 26.4. The molecule has 38 heavy (non-hydrogen) atoms. The van der Waals surface area contributed by atoms with Gasteiger partial charge in [-0.1, -0.05) is 6.07 Å². The summed E-state index contributed by atoms with van der Waals surface area (Å²) in [5.41, 5.74) is 1.39. The number of hydrogen-bond acceptors (Lipinski definition) is 7. The minimum Gasteiger partial charge on any atom is -0.444 e. The maximum atomic E-state index is 13.1.